The van der Waals surface area contributed by atoms with E-state index >= 15 is 0 Å². The van der Waals surface area contributed by atoms with E-state index in [1.807, 2.05) is 72.8 Å². The van der Waals surface area contributed by atoms with Crippen LogP contribution >= 0.6 is 15.9 Å². The molecule has 0 aliphatic carbocycles. The summed E-state index contributed by atoms with van der Waals surface area (Å²) in [6.07, 6.45) is 6.34. The highest BCUT2D eigenvalue weighted by Crippen LogP contribution is 2.44. The maximum absolute atomic E-state index is 13.3. The monoisotopic (exact) mass is 487 g/mol. The van der Waals surface area contributed by atoms with E-state index in [1.54, 1.807) is 29.2 Å². The number of benzene rings is 3. The van der Waals surface area contributed by atoms with Gasteiger partial charge in [-0.1, -0.05) is 94.8 Å². The van der Waals surface area contributed by atoms with Gasteiger partial charge < -0.3 is 10.0 Å². The number of hydrogen-bond acceptors (Lipinski definition) is 3. The fourth-order valence-corrected chi connectivity index (χ4v) is 4.18. The third-order valence-corrected chi connectivity index (χ3v) is 5.88. The zero-order valence-electron chi connectivity index (χ0n) is 17.3. The van der Waals surface area contributed by atoms with E-state index in [9.17, 15) is 14.7 Å². The van der Waals surface area contributed by atoms with Gasteiger partial charge in [0.05, 0.1) is 18.7 Å². The van der Waals surface area contributed by atoms with Crippen LogP contribution in [0.4, 0.5) is 5.69 Å². The molecule has 1 aliphatic rings. The first-order chi connectivity index (χ1) is 15.5. The average molecular weight is 488 g/mol. The number of allylic oxidation sites excluding steroid dienone is 3. The summed E-state index contributed by atoms with van der Waals surface area (Å²) in [4.78, 5) is 27.5. The molecular weight excluding hydrogens is 466 g/mol. The maximum atomic E-state index is 13.3. The molecule has 4 nitrogen and oxygen atoms in total. The minimum absolute atomic E-state index is 0.320. The van der Waals surface area contributed by atoms with Crippen LogP contribution in [0.3, 0.4) is 0 Å². The molecule has 1 aliphatic heterocycles. The molecule has 3 aromatic carbocycles. The topological polar surface area (TPSA) is 57.6 Å². The summed E-state index contributed by atoms with van der Waals surface area (Å²) in [5, 5.41) is 11.4. The van der Waals surface area contributed by atoms with Gasteiger partial charge in [0.15, 0.2) is 11.4 Å². The molecule has 32 heavy (non-hydrogen) atoms. The predicted molar refractivity (Wildman–Crippen MR) is 130 cm³/mol. The summed E-state index contributed by atoms with van der Waals surface area (Å²) in [7, 11) is 0. The second kappa shape index (κ2) is 9.47. The van der Waals surface area contributed by atoms with Crippen molar-refractivity contribution >= 4 is 39.4 Å². The predicted octanol–water partition coefficient (Wildman–Crippen LogP) is 5.41. The summed E-state index contributed by atoms with van der Waals surface area (Å²) in [5.74, 6) is -0.818. The summed E-state index contributed by atoms with van der Waals surface area (Å²) >= 11 is 3.41. The van der Waals surface area contributed by atoms with Crippen LogP contribution in [0.5, 0.6) is 0 Å². The fraction of sp³-hybridized carbons (Fsp3) is 0.111. The smallest absolute Gasteiger partial charge is 0.264 e. The molecule has 1 heterocycles. The van der Waals surface area contributed by atoms with Crippen molar-refractivity contribution in [3.8, 4) is 0 Å². The van der Waals surface area contributed by atoms with Crippen molar-refractivity contribution < 1.29 is 14.7 Å². The van der Waals surface area contributed by atoms with Crippen LogP contribution in [0.2, 0.25) is 0 Å². The standard InChI is InChI=1S/C27H22BrNO3/c28-22-15-16-25-24(17-22)27(32,26(31)29(25)19-21-12-5-2-6-13-21)18-23(30)14-8-7-11-20-9-3-1-4-10-20/h1-17,32H,18-19H2/b11-7+,14-8+. The highest BCUT2D eigenvalue weighted by Gasteiger charge is 2.50. The zero-order valence-corrected chi connectivity index (χ0v) is 18.9. The number of hydrogen-bond donors (Lipinski definition) is 1. The number of anilines is 1. The molecule has 1 unspecified atom stereocenters. The summed E-state index contributed by atoms with van der Waals surface area (Å²) in [6.45, 7) is 0.320. The molecule has 160 valence electrons. The van der Waals surface area contributed by atoms with Gasteiger partial charge in [0, 0.05) is 10.0 Å². The molecule has 0 saturated heterocycles. The number of aliphatic hydroxyl groups is 1. The SMILES string of the molecule is O=C(/C=C/C=C/c1ccccc1)CC1(O)C(=O)N(Cc2ccccc2)c2ccc(Br)cc21. The number of carbonyl (C=O) groups excluding carboxylic acids is 2. The highest BCUT2D eigenvalue weighted by atomic mass is 79.9. The first-order valence-corrected chi connectivity index (χ1v) is 11.1. The van der Waals surface area contributed by atoms with E-state index in [4.69, 9.17) is 0 Å². The number of carbonyl (C=O) groups is 2. The van der Waals surface area contributed by atoms with Crippen LogP contribution in [0.15, 0.2) is 102 Å². The van der Waals surface area contributed by atoms with Gasteiger partial charge in [-0.3, -0.25) is 9.59 Å². The van der Waals surface area contributed by atoms with Gasteiger partial charge in [0.2, 0.25) is 0 Å². The molecule has 4 rings (SSSR count). The van der Waals surface area contributed by atoms with Crippen LogP contribution in [-0.4, -0.2) is 16.8 Å². The third kappa shape index (κ3) is 4.64. The van der Waals surface area contributed by atoms with Gasteiger partial charge in [-0.25, -0.2) is 0 Å². The molecule has 1 atom stereocenters. The van der Waals surface area contributed by atoms with Gasteiger partial charge >= 0.3 is 0 Å². The molecule has 0 radical (unpaired) electrons. The van der Waals surface area contributed by atoms with Crippen molar-refractivity contribution in [1.29, 1.82) is 0 Å². The lowest BCUT2D eigenvalue weighted by molar-refractivity contribution is -0.140. The molecule has 1 N–H and O–H groups in total. The first kappa shape index (κ1) is 21.9. The fourth-order valence-electron chi connectivity index (χ4n) is 3.82. The van der Waals surface area contributed by atoms with E-state index < -0.39 is 11.5 Å². The van der Waals surface area contributed by atoms with E-state index in [1.165, 1.54) is 6.08 Å². The van der Waals surface area contributed by atoms with Crippen molar-refractivity contribution in [2.24, 2.45) is 0 Å². The van der Waals surface area contributed by atoms with Crippen LogP contribution < -0.4 is 4.90 Å². The van der Waals surface area contributed by atoms with Gasteiger partial charge in [-0.2, -0.15) is 0 Å². The Labute approximate surface area is 195 Å². The lowest BCUT2D eigenvalue weighted by atomic mass is 9.90. The molecule has 3 aromatic rings. The second-order valence-electron chi connectivity index (χ2n) is 7.67. The average Bonchev–Trinajstić information content (AvgIpc) is 2.99. The number of rotatable bonds is 7. The lowest BCUT2D eigenvalue weighted by Crippen LogP contribution is -2.41. The van der Waals surface area contributed by atoms with Crippen LogP contribution in [0.1, 0.15) is 23.1 Å². The third-order valence-electron chi connectivity index (χ3n) is 5.39. The quantitative estimate of drug-likeness (QED) is 0.357. The number of amides is 1. The maximum Gasteiger partial charge on any atom is 0.264 e. The van der Waals surface area contributed by atoms with E-state index in [0.717, 1.165) is 15.6 Å². The van der Waals surface area contributed by atoms with Crippen LogP contribution in [0, 0.1) is 0 Å². The highest BCUT2D eigenvalue weighted by molar-refractivity contribution is 9.10. The lowest BCUT2D eigenvalue weighted by Gasteiger charge is -2.22. The Bertz CT molecular complexity index is 1190. The number of ketones is 1. The van der Waals surface area contributed by atoms with Crippen LogP contribution in [0.25, 0.3) is 6.08 Å². The van der Waals surface area contributed by atoms with Crippen molar-refractivity contribution in [3.05, 3.63) is 118 Å². The molecule has 0 saturated carbocycles. The largest absolute Gasteiger partial charge is 0.375 e. The minimum atomic E-state index is -1.90. The van der Waals surface area contributed by atoms with Crippen molar-refractivity contribution in [1.82, 2.24) is 0 Å². The Balaban J connectivity index is 1.55. The Hall–Kier alpha value is -3.28. The zero-order chi connectivity index (χ0) is 22.6. The summed E-state index contributed by atoms with van der Waals surface area (Å²) < 4.78 is 0.734. The minimum Gasteiger partial charge on any atom is -0.375 e. The van der Waals surface area contributed by atoms with Gasteiger partial charge in [0.25, 0.3) is 5.91 Å². The number of nitrogens with zero attached hydrogens (tertiary/aromatic N) is 1. The Morgan fingerprint density at radius 3 is 2.38 bits per heavy atom. The Kier molecular flexibility index (Phi) is 6.49. The normalized spacial score (nSPS) is 17.9. The van der Waals surface area contributed by atoms with Gasteiger partial charge in [-0.15, -0.1) is 0 Å². The number of halogens is 1. The summed E-state index contributed by atoms with van der Waals surface area (Å²) in [5.41, 5.74) is 1.11. The first-order valence-electron chi connectivity index (χ1n) is 10.3. The van der Waals surface area contributed by atoms with Crippen molar-refractivity contribution in [3.63, 3.8) is 0 Å². The Morgan fingerprint density at radius 2 is 1.66 bits per heavy atom. The molecule has 0 spiro atoms. The van der Waals surface area contributed by atoms with Gasteiger partial charge in [-0.05, 0) is 35.4 Å². The second-order valence-corrected chi connectivity index (χ2v) is 8.59. The van der Waals surface area contributed by atoms with Crippen LogP contribution in [-0.2, 0) is 21.7 Å². The molecule has 1 amide bonds. The molecule has 0 fully saturated rings. The molecular formula is C27H22BrNO3. The summed E-state index contributed by atoms with van der Waals surface area (Å²) in [6, 6.07) is 24.6. The van der Waals surface area contributed by atoms with Crippen molar-refractivity contribution in [2.75, 3.05) is 4.90 Å². The van der Waals surface area contributed by atoms with E-state index in [2.05, 4.69) is 15.9 Å². The van der Waals surface area contributed by atoms with Gasteiger partial charge in [0.1, 0.15) is 0 Å². The number of fused-ring (bicyclic) bond motifs is 1. The molecule has 0 bridgehead atoms. The Morgan fingerprint density at radius 1 is 0.969 bits per heavy atom. The molecule has 0 aromatic heterocycles. The van der Waals surface area contributed by atoms with E-state index in [-0.39, 0.29) is 12.2 Å². The van der Waals surface area contributed by atoms with E-state index in [0.29, 0.717) is 17.8 Å². The van der Waals surface area contributed by atoms with Crippen molar-refractivity contribution in [2.45, 2.75) is 18.6 Å². The molecule has 5 heteroatoms.